The fourth-order valence-electron chi connectivity index (χ4n) is 3.60. The Bertz CT molecular complexity index is 203. The lowest BCUT2D eigenvalue weighted by molar-refractivity contribution is -0.0334. The molecule has 0 heterocycles. The average molecular weight is 212 g/mol. The number of rotatable bonds is 3. The average Bonchev–Trinajstić information content (AvgIpc) is 2.53. The molecule has 4 atom stereocenters. The molecule has 15 heavy (non-hydrogen) atoms. The summed E-state index contributed by atoms with van der Waals surface area (Å²) in [6.07, 6.45) is 7.22. The summed E-state index contributed by atoms with van der Waals surface area (Å²) in [7, 11) is 0. The quantitative estimate of drug-likeness (QED) is 0.779. The number of hydrogen-bond acceptors (Lipinski definition) is 2. The lowest BCUT2D eigenvalue weighted by Gasteiger charge is -2.29. The van der Waals surface area contributed by atoms with Crippen molar-refractivity contribution in [3.8, 4) is 0 Å². The number of hydrogen-bond donors (Lipinski definition) is 1. The van der Waals surface area contributed by atoms with Gasteiger partial charge in [0.2, 0.25) is 0 Å². The maximum Gasteiger partial charge on any atom is 0.0634 e. The van der Waals surface area contributed by atoms with Gasteiger partial charge in [-0.05, 0) is 38.5 Å². The predicted octanol–water partition coefficient (Wildman–Crippen LogP) is 2.60. The van der Waals surface area contributed by atoms with Crippen molar-refractivity contribution < 1.29 is 9.84 Å². The molecular weight excluding hydrogens is 188 g/mol. The van der Waals surface area contributed by atoms with Crippen molar-refractivity contribution in [3.05, 3.63) is 0 Å². The van der Waals surface area contributed by atoms with E-state index >= 15 is 0 Å². The number of ether oxygens (including phenoxy) is 1. The van der Waals surface area contributed by atoms with E-state index in [4.69, 9.17) is 4.74 Å². The van der Waals surface area contributed by atoms with Crippen molar-refractivity contribution in [2.24, 2.45) is 17.8 Å². The standard InChI is InChI=1S/C13H24O2/c1-9(2)15-13-7-10-5-3-4-6-11(10)12(13)8-14/h9-14H,3-8H2,1-2H3/t10-,11-,12+,13+/m1/s1. The topological polar surface area (TPSA) is 29.5 Å². The van der Waals surface area contributed by atoms with E-state index in [1.54, 1.807) is 0 Å². The van der Waals surface area contributed by atoms with Gasteiger partial charge in [0.25, 0.3) is 0 Å². The van der Waals surface area contributed by atoms with Crippen LogP contribution in [0.25, 0.3) is 0 Å². The highest BCUT2D eigenvalue weighted by Gasteiger charge is 2.44. The molecule has 2 saturated carbocycles. The van der Waals surface area contributed by atoms with Crippen LogP contribution in [0.1, 0.15) is 46.0 Å². The van der Waals surface area contributed by atoms with Gasteiger partial charge in [0.05, 0.1) is 12.2 Å². The molecule has 1 N–H and O–H groups in total. The number of aliphatic hydroxyl groups is 1. The second-order valence-corrected chi connectivity index (χ2v) is 5.51. The summed E-state index contributed by atoms with van der Waals surface area (Å²) in [5, 5.41) is 9.51. The first-order chi connectivity index (χ1) is 7.22. The zero-order chi connectivity index (χ0) is 10.8. The second kappa shape index (κ2) is 4.84. The zero-order valence-corrected chi connectivity index (χ0v) is 9.98. The van der Waals surface area contributed by atoms with E-state index in [0.717, 1.165) is 11.8 Å². The predicted molar refractivity (Wildman–Crippen MR) is 60.6 cm³/mol. The Labute approximate surface area is 93.0 Å². The molecule has 0 aromatic heterocycles. The van der Waals surface area contributed by atoms with Crippen LogP contribution >= 0.6 is 0 Å². The van der Waals surface area contributed by atoms with Gasteiger partial charge >= 0.3 is 0 Å². The van der Waals surface area contributed by atoms with Crippen LogP contribution in [-0.2, 0) is 4.74 Å². The molecule has 2 nitrogen and oxygen atoms in total. The monoisotopic (exact) mass is 212 g/mol. The summed E-state index contributed by atoms with van der Waals surface area (Å²) >= 11 is 0. The minimum Gasteiger partial charge on any atom is -0.396 e. The minimum atomic E-state index is 0.296. The molecule has 0 amide bonds. The van der Waals surface area contributed by atoms with Gasteiger partial charge in [0.1, 0.15) is 0 Å². The van der Waals surface area contributed by atoms with Crippen LogP contribution in [0.2, 0.25) is 0 Å². The smallest absolute Gasteiger partial charge is 0.0634 e. The molecule has 0 aromatic carbocycles. The fraction of sp³-hybridized carbons (Fsp3) is 1.00. The highest BCUT2D eigenvalue weighted by molar-refractivity contribution is 4.93. The Balaban J connectivity index is 2.00. The van der Waals surface area contributed by atoms with Crippen molar-refractivity contribution in [2.45, 2.75) is 58.2 Å². The first kappa shape index (κ1) is 11.4. The van der Waals surface area contributed by atoms with Gasteiger partial charge in [-0.15, -0.1) is 0 Å². The molecule has 0 saturated heterocycles. The van der Waals surface area contributed by atoms with Crippen LogP contribution in [-0.4, -0.2) is 23.9 Å². The van der Waals surface area contributed by atoms with E-state index < -0.39 is 0 Å². The van der Waals surface area contributed by atoms with Gasteiger partial charge in [0.15, 0.2) is 0 Å². The molecule has 0 spiro atoms. The van der Waals surface area contributed by atoms with Crippen molar-refractivity contribution in [3.63, 3.8) is 0 Å². The lowest BCUT2D eigenvalue weighted by Crippen LogP contribution is -2.29. The minimum absolute atomic E-state index is 0.296. The summed E-state index contributed by atoms with van der Waals surface area (Å²) in [6.45, 7) is 4.51. The van der Waals surface area contributed by atoms with Crippen LogP contribution < -0.4 is 0 Å². The SMILES string of the molecule is CC(C)O[C@H]1C[C@H]2CCCC[C@H]2[C@@H]1CO. The van der Waals surface area contributed by atoms with Gasteiger partial charge in [-0.25, -0.2) is 0 Å². The third kappa shape index (κ3) is 2.36. The van der Waals surface area contributed by atoms with Crippen LogP contribution in [0.15, 0.2) is 0 Å². The maximum absolute atomic E-state index is 9.51. The molecule has 2 heteroatoms. The number of fused-ring (bicyclic) bond motifs is 1. The van der Waals surface area contributed by atoms with E-state index in [9.17, 15) is 5.11 Å². The molecule has 0 aliphatic heterocycles. The summed E-state index contributed by atoms with van der Waals surface area (Å²) in [6, 6.07) is 0. The van der Waals surface area contributed by atoms with E-state index in [1.807, 2.05) is 0 Å². The summed E-state index contributed by atoms with van der Waals surface area (Å²) in [4.78, 5) is 0. The van der Waals surface area contributed by atoms with E-state index in [-0.39, 0.29) is 0 Å². The Kier molecular flexibility index (Phi) is 3.68. The molecule has 0 radical (unpaired) electrons. The van der Waals surface area contributed by atoms with E-state index in [1.165, 1.54) is 32.1 Å². The Morgan fingerprint density at radius 3 is 2.67 bits per heavy atom. The van der Waals surface area contributed by atoms with Gasteiger partial charge in [0, 0.05) is 12.5 Å². The normalized spacial score (nSPS) is 40.8. The zero-order valence-electron chi connectivity index (χ0n) is 9.98. The molecule has 2 aliphatic carbocycles. The Morgan fingerprint density at radius 1 is 1.27 bits per heavy atom. The summed E-state index contributed by atoms with van der Waals surface area (Å²) in [5.74, 6) is 1.99. The third-order valence-electron chi connectivity index (χ3n) is 4.19. The first-order valence-electron chi connectivity index (χ1n) is 6.48. The van der Waals surface area contributed by atoms with Crippen molar-refractivity contribution in [2.75, 3.05) is 6.61 Å². The van der Waals surface area contributed by atoms with Gasteiger partial charge in [-0.1, -0.05) is 19.3 Å². The molecule has 0 bridgehead atoms. The highest BCUT2D eigenvalue weighted by atomic mass is 16.5. The maximum atomic E-state index is 9.51. The van der Waals surface area contributed by atoms with E-state index in [0.29, 0.717) is 24.7 Å². The lowest BCUT2D eigenvalue weighted by atomic mass is 9.78. The molecule has 0 aromatic rings. The molecule has 2 fully saturated rings. The molecular formula is C13H24O2. The largest absolute Gasteiger partial charge is 0.396 e. The first-order valence-corrected chi connectivity index (χ1v) is 6.48. The molecule has 88 valence electrons. The van der Waals surface area contributed by atoms with Crippen molar-refractivity contribution in [1.29, 1.82) is 0 Å². The van der Waals surface area contributed by atoms with Crippen molar-refractivity contribution >= 4 is 0 Å². The third-order valence-corrected chi connectivity index (χ3v) is 4.19. The summed E-state index contributed by atoms with van der Waals surface area (Å²) < 4.78 is 5.95. The Morgan fingerprint density at radius 2 is 2.00 bits per heavy atom. The van der Waals surface area contributed by atoms with Crippen LogP contribution in [0, 0.1) is 17.8 Å². The summed E-state index contributed by atoms with van der Waals surface area (Å²) in [5.41, 5.74) is 0. The highest BCUT2D eigenvalue weighted by Crippen LogP contribution is 2.47. The van der Waals surface area contributed by atoms with Crippen LogP contribution in [0.4, 0.5) is 0 Å². The van der Waals surface area contributed by atoms with Crippen molar-refractivity contribution in [1.82, 2.24) is 0 Å². The van der Waals surface area contributed by atoms with Crippen LogP contribution in [0.5, 0.6) is 0 Å². The fourth-order valence-corrected chi connectivity index (χ4v) is 3.60. The van der Waals surface area contributed by atoms with Gasteiger partial charge < -0.3 is 9.84 Å². The van der Waals surface area contributed by atoms with Gasteiger partial charge in [-0.2, -0.15) is 0 Å². The molecule has 2 aliphatic rings. The second-order valence-electron chi connectivity index (χ2n) is 5.51. The van der Waals surface area contributed by atoms with E-state index in [2.05, 4.69) is 13.8 Å². The van der Waals surface area contributed by atoms with Gasteiger partial charge in [-0.3, -0.25) is 0 Å². The Hall–Kier alpha value is -0.0800. The van der Waals surface area contributed by atoms with Crippen LogP contribution in [0.3, 0.4) is 0 Å². The molecule has 0 unspecified atom stereocenters. The number of aliphatic hydroxyl groups excluding tert-OH is 1. The molecule has 2 rings (SSSR count).